The molecule has 2 unspecified atom stereocenters. The Morgan fingerprint density at radius 3 is 2.45 bits per heavy atom. The molecule has 2 saturated heterocycles. The van der Waals surface area contributed by atoms with Crippen LogP contribution in [0.2, 0.25) is 0 Å². The van der Waals surface area contributed by atoms with E-state index in [1.54, 1.807) is 41.3 Å². The second-order valence-electron chi connectivity index (χ2n) is 8.13. The van der Waals surface area contributed by atoms with Gasteiger partial charge in [-0.3, -0.25) is 0 Å². The van der Waals surface area contributed by atoms with Crippen LogP contribution in [0, 0.1) is 5.82 Å². The number of rotatable bonds is 4. The van der Waals surface area contributed by atoms with Crippen molar-refractivity contribution < 1.29 is 21.9 Å². The Morgan fingerprint density at radius 2 is 1.73 bits per heavy atom. The van der Waals surface area contributed by atoms with E-state index in [4.69, 9.17) is 4.74 Å². The molecule has 33 heavy (non-hydrogen) atoms. The number of anilines is 1. The van der Waals surface area contributed by atoms with Crippen LogP contribution in [-0.4, -0.2) is 55.8 Å². The van der Waals surface area contributed by atoms with Gasteiger partial charge in [0.15, 0.2) is 11.9 Å². The van der Waals surface area contributed by atoms with Gasteiger partial charge in [-0.25, -0.2) is 22.2 Å². The summed E-state index contributed by atoms with van der Waals surface area (Å²) in [7, 11) is -3.90. The maximum Gasteiger partial charge on any atom is 0.245 e. The van der Waals surface area contributed by atoms with Crippen molar-refractivity contribution in [2.75, 3.05) is 31.1 Å². The lowest BCUT2D eigenvalue weighted by Crippen LogP contribution is -2.62. The van der Waals surface area contributed by atoms with Crippen LogP contribution in [0.25, 0.3) is 11.3 Å². The lowest BCUT2D eigenvalue weighted by Gasteiger charge is -2.45. The second-order valence-corrected chi connectivity index (χ2v) is 10.00. The number of alkyl halides is 1. The van der Waals surface area contributed by atoms with Gasteiger partial charge in [0.2, 0.25) is 10.0 Å². The molecular weight excluding hydrogens is 448 g/mol. The summed E-state index contributed by atoms with van der Waals surface area (Å²) >= 11 is 0. The molecule has 1 spiro atoms. The molecule has 3 heterocycles. The average Bonchev–Trinajstić information content (AvgIpc) is 3.28. The number of halogens is 2. The Bertz CT molecular complexity index is 1240. The zero-order chi connectivity index (χ0) is 23.1. The van der Waals surface area contributed by atoms with Crippen molar-refractivity contribution in [3.05, 3.63) is 78.6 Å². The minimum atomic E-state index is -3.90. The number of pyridine rings is 1. The molecule has 2 aliphatic heterocycles. The Hall–Kier alpha value is -2.88. The highest BCUT2D eigenvalue weighted by Gasteiger charge is 2.56. The quantitative estimate of drug-likeness (QED) is 0.579. The fourth-order valence-corrected chi connectivity index (χ4v) is 6.26. The van der Waals surface area contributed by atoms with E-state index in [9.17, 15) is 12.8 Å². The molecule has 6 nitrogen and oxygen atoms in total. The summed E-state index contributed by atoms with van der Waals surface area (Å²) in [5.74, 6) is 0.243. The van der Waals surface area contributed by atoms with Crippen molar-refractivity contribution in [2.24, 2.45) is 0 Å². The Morgan fingerprint density at radius 1 is 0.970 bits per heavy atom. The first-order valence-corrected chi connectivity index (χ1v) is 12.2. The second kappa shape index (κ2) is 8.48. The van der Waals surface area contributed by atoms with E-state index in [2.05, 4.69) is 4.98 Å². The van der Waals surface area contributed by atoms with Crippen molar-refractivity contribution in [3.63, 3.8) is 0 Å². The summed E-state index contributed by atoms with van der Waals surface area (Å²) in [6, 6.07) is 19.5. The molecule has 2 aromatic carbocycles. The summed E-state index contributed by atoms with van der Waals surface area (Å²) in [6.45, 7) is 0.572. The monoisotopic (exact) mass is 471 g/mol. The normalized spacial score (nSPS) is 23.8. The third-order valence-corrected chi connectivity index (χ3v) is 8.15. The van der Waals surface area contributed by atoms with E-state index in [0.29, 0.717) is 18.1 Å². The first-order chi connectivity index (χ1) is 15.9. The summed E-state index contributed by atoms with van der Waals surface area (Å²) < 4.78 is 62.4. The van der Waals surface area contributed by atoms with Crippen molar-refractivity contribution in [1.29, 1.82) is 0 Å². The number of hydrogen-bond acceptors (Lipinski definition) is 5. The van der Waals surface area contributed by atoms with E-state index in [-0.39, 0.29) is 36.8 Å². The van der Waals surface area contributed by atoms with Crippen LogP contribution in [0.1, 0.15) is 6.42 Å². The van der Waals surface area contributed by atoms with Crippen LogP contribution in [-0.2, 0) is 14.8 Å². The van der Waals surface area contributed by atoms with E-state index >= 15 is 4.39 Å². The number of piperidine rings is 1. The van der Waals surface area contributed by atoms with Crippen molar-refractivity contribution >= 4 is 15.8 Å². The zero-order valence-corrected chi connectivity index (χ0v) is 18.6. The Kier molecular flexibility index (Phi) is 5.64. The Labute approximate surface area is 191 Å². The van der Waals surface area contributed by atoms with Crippen LogP contribution in [0.3, 0.4) is 0 Å². The molecule has 1 aromatic heterocycles. The lowest BCUT2D eigenvalue weighted by atomic mass is 9.98. The fourth-order valence-electron chi connectivity index (χ4n) is 4.52. The van der Waals surface area contributed by atoms with Crippen LogP contribution >= 0.6 is 0 Å². The molecule has 9 heteroatoms. The van der Waals surface area contributed by atoms with Crippen LogP contribution in [0.4, 0.5) is 14.6 Å². The first-order valence-electron chi connectivity index (χ1n) is 10.7. The molecule has 2 atom stereocenters. The number of aromatic nitrogens is 1. The highest BCUT2D eigenvalue weighted by Crippen LogP contribution is 2.40. The van der Waals surface area contributed by atoms with Crippen LogP contribution in [0.5, 0.6) is 0 Å². The van der Waals surface area contributed by atoms with Gasteiger partial charge in [-0.15, -0.1) is 0 Å². The number of nitrogens with zero attached hydrogens (tertiary/aromatic N) is 3. The minimum Gasteiger partial charge on any atom is -0.355 e. The molecule has 2 aliphatic rings. The van der Waals surface area contributed by atoms with Gasteiger partial charge in [0, 0.05) is 25.1 Å². The third-order valence-electron chi connectivity index (χ3n) is 6.21. The molecule has 0 amide bonds. The SMILES string of the molecule is O=S(=O)(c1ccccc1)N1CCOC12CCN(c1cccc(-c3ccc(F)cc3)n1)CC2F. The molecule has 3 aromatic rings. The molecular formula is C24H23F2N3O3S. The van der Waals surface area contributed by atoms with Gasteiger partial charge in [-0.1, -0.05) is 24.3 Å². The third kappa shape index (κ3) is 3.90. The van der Waals surface area contributed by atoms with E-state index in [1.807, 2.05) is 12.1 Å². The molecule has 0 radical (unpaired) electrons. The Balaban J connectivity index is 1.39. The van der Waals surface area contributed by atoms with Crippen molar-refractivity contribution in [1.82, 2.24) is 9.29 Å². The number of ether oxygens (including phenoxy) is 1. The van der Waals surface area contributed by atoms with Gasteiger partial charge in [-0.2, -0.15) is 4.31 Å². The van der Waals surface area contributed by atoms with Crippen LogP contribution in [0.15, 0.2) is 77.7 Å². The summed E-state index contributed by atoms with van der Waals surface area (Å²) in [4.78, 5) is 6.54. The van der Waals surface area contributed by atoms with Gasteiger partial charge in [0.25, 0.3) is 0 Å². The van der Waals surface area contributed by atoms with Gasteiger partial charge in [0.05, 0.1) is 23.7 Å². The molecule has 5 rings (SSSR count). The fraction of sp³-hybridized carbons (Fsp3) is 0.292. The average molecular weight is 472 g/mol. The predicted octanol–water partition coefficient (Wildman–Crippen LogP) is 3.85. The number of hydrogen-bond donors (Lipinski definition) is 0. The number of sulfonamides is 1. The van der Waals surface area contributed by atoms with Gasteiger partial charge in [0.1, 0.15) is 11.6 Å². The highest BCUT2D eigenvalue weighted by atomic mass is 32.2. The summed E-state index contributed by atoms with van der Waals surface area (Å²) in [5, 5.41) is 0. The van der Waals surface area contributed by atoms with E-state index < -0.39 is 21.9 Å². The largest absolute Gasteiger partial charge is 0.355 e. The smallest absolute Gasteiger partial charge is 0.245 e. The molecule has 0 aliphatic carbocycles. The van der Waals surface area contributed by atoms with E-state index in [0.717, 1.165) is 5.56 Å². The first kappa shape index (κ1) is 21.9. The van der Waals surface area contributed by atoms with Crippen molar-refractivity contribution in [3.8, 4) is 11.3 Å². The van der Waals surface area contributed by atoms with E-state index in [1.165, 1.54) is 28.6 Å². The van der Waals surface area contributed by atoms with Crippen LogP contribution < -0.4 is 4.90 Å². The van der Waals surface area contributed by atoms with Crippen molar-refractivity contribution in [2.45, 2.75) is 23.2 Å². The summed E-state index contributed by atoms with van der Waals surface area (Å²) in [5.41, 5.74) is -0.129. The maximum atomic E-state index is 15.7. The van der Waals surface area contributed by atoms with Gasteiger partial charge < -0.3 is 9.64 Å². The predicted molar refractivity (Wildman–Crippen MR) is 120 cm³/mol. The minimum absolute atomic E-state index is 0.0549. The number of benzene rings is 2. The molecule has 0 bridgehead atoms. The topological polar surface area (TPSA) is 62.7 Å². The maximum absolute atomic E-state index is 15.7. The molecule has 172 valence electrons. The molecule has 2 fully saturated rings. The standard InChI is InChI=1S/C24H23F2N3O3S/c25-19-11-9-18(10-12-19)21-7-4-8-23(27-21)28-14-13-24(22(26)17-28)29(15-16-32-24)33(30,31)20-5-2-1-3-6-20/h1-12,22H,13-17H2. The van der Waals surface area contributed by atoms with Gasteiger partial charge >= 0.3 is 0 Å². The summed E-state index contributed by atoms with van der Waals surface area (Å²) in [6.07, 6.45) is -1.40. The zero-order valence-electron chi connectivity index (χ0n) is 17.8. The molecule has 0 N–H and O–H groups in total. The van der Waals surface area contributed by atoms with Gasteiger partial charge in [-0.05, 0) is 48.5 Å². The molecule has 0 saturated carbocycles. The highest BCUT2D eigenvalue weighted by molar-refractivity contribution is 7.89. The lowest BCUT2D eigenvalue weighted by molar-refractivity contribution is -0.116.